The largest absolute Gasteiger partial charge is 0.484 e. The SMILES string of the molecule is CNC(=O)COc1cccc(NC(=O)c2ccccc2Nc2ccc(SC(F)F)cc2)c1. The summed E-state index contributed by atoms with van der Waals surface area (Å²) in [6, 6.07) is 20.2. The summed E-state index contributed by atoms with van der Waals surface area (Å²) in [4.78, 5) is 24.7. The maximum absolute atomic E-state index is 12.9. The highest BCUT2D eigenvalue weighted by atomic mass is 32.2. The zero-order valence-corrected chi connectivity index (χ0v) is 17.9. The van der Waals surface area contributed by atoms with Crippen LogP contribution in [0, 0.1) is 0 Å². The number of carbonyl (C=O) groups is 2. The second-order valence-electron chi connectivity index (χ2n) is 6.52. The molecule has 6 nitrogen and oxygen atoms in total. The fourth-order valence-electron chi connectivity index (χ4n) is 2.75. The molecule has 0 atom stereocenters. The molecular weight excluding hydrogens is 436 g/mol. The van der Waals surface area contributed by atoms with Crippen LogP contribution in [0.2, 0.25) is 0 Å². The monoisotopic (exact) mass is 457 g/mol. The van der Waals surface area contributed by atoms with Gasteiger partial charge in [-0.05, 0) is 48.5 Å². The van der Waals surface area contributed by atoms with Gasteiger partial charge in [-0.15, -0.1) is 0 Å². The third kappa shape index (κ3) is 6.71. The molecule has 166 valence electrons. The van der Waals surface area contributed by atoms with Crippen molar-refractivity contribution in [3.05, 3.63) is 78.4 Å². The Balaban J connectivity index is 1.70. The van der Waals surface area contributed by atoms with E-state index >= 15 is 0 Å². The maximum atomic E-state index is 12.9. The number of carbonyl (C=O) groups excluding carboxylic acids is 2. The van der Waals surface area contributed by atoms with Crippen molar-refractivity contribution < 1.29 is 23.1 Å². The molecule has 0 aliphatic carbocycles. The molecule has 0 heterocycles. The first kappa shape index (κ1) is 23.1. The molecule has 0 spiro atoms. The van der Waals surface area contributed by atoms with Gasteiger partial charge in [-0.2, -0.15) is 8.78 Å². The van der Waals surface area contributed by atoms with Crippen molar-refractivity contribution in [3.8, 4) is 5.75 Å². The maximum Gasteiger partial charge on any atom is 0.288 e. The van der Waals surface area contributed by atoms with Gasteiger partial charge in [0, 0.05) is 29.4 Å². The van der Waals surface area contributed by atoms with E-state index in [1.807, 2.05) is 0 Å². The molecule has 3 N–H and O–H groups in total. The molecule has 0 saturated heterocycles. The van der Waals surface area contributed by atoms with E-state index in [9.17, 15) is 18.4 Å². The molecule has 0 radical (unpaired) electrons. The van der Waals surface area contributed by atoms with Crippen molar-refractivity contribution in [2.24, 2.45) is 0 Å². The predicted molar refractivity (Wildman–Crippen MR) is 122 cm³/mol. The van der Waals surface area contributed by atoms with Gasteiger partial charge in [0.15, 0.2) is 6.61 Å². The number of thioether (sulfide) groups is 1. The fourth-order valence-corrected chi connectivity index (χ4v) is 3.25. The Morgan fingerprint density at radius 1 is 0.969 bits per heavy atom. The number of alkyl halides is 2. The Bertz CT molecular complexity index is 1080. The Labute approximate surface area is 188 Å². The Hall–Kier alpha value is -3.59. The van der Waals surface area contributed by atoms with E-state index in [4.69, 9.17) is 4.74 Å². The Morgan fingerprint density at radius 3 is 2.44 bits per heavy atom. The molecule has 0 aliphatic rings. The molecule has 3 aromatic rings. The topological polar surface area (TPSA) is 79.5 Å². The summed E-state index contributed by atoms with van der Waals surface area (Å²) in [6.45, 7) is -0.130. The molecule has 0 bridgehead atoms. The van der Waals surface area contributed by atoms with Crippen molar-refractivity contribution in [1.82, 2.24) is 5.32 Å². The summed E-state index contributed by atoms with van der Waals surface area (Å²) < 4.78 is 30.4. The average Bonchev–Trinajstić information content (AvgIpc) is 2.79. The van der Waals surface area contributed by atoms with Gasteiger partial charge in [0.05, 0.1) is 11.3 Å². The van der Waals surface area contributed by atoms with Gasteiger partial charge < -0.3 is 20.7 Å². The standard InChI is InChI=1S/C23H21F2N3O3S/c1-26-21(29)14-31-17-6-4-5-16(13-17)28-22(30)19-7-2-3-8-20(19)27-15-9-11-18(12-10-15)32-23(24)25/h2-13,23,27H,14H2,1H3,(H,26,29)(H,28,30). The van der Waals surface area contributed by atoms with Crippen molar-refractivity contribution in [1.29, 1.82) is 0 Å². The van der Waals surface area contributed by atoms with Crippen LogP contribution in [0.4, 0.5) is 25.8 Å². The van der Waals surface area contributed by atoms with Gasteiger partial charge in [-0.25, -0.2) is 0 Å². The van der Waals surface area contributed by atoms with Crippen molar-refractivity contribution in [2.45, 2.75) is 10.7 Å². The molecule has 2 amide bonds. The summed E-state index contributed by atoms with van der Waals surface area (Å²) in [5.74, 6) is -2.65. The van der Waals surface area contributed by atoms with Crippen LogP contribution in [0.25, 0.3) is 0 Å². The summed E-state index contributed by atoms with van der Waals surface area (Å²) >= 11 is 0.472. The number of benzene rings is 3. The quantitative estimate of drug-likeness (QED) is 0.389. The van der Waals surface area contributed by atoms with Gasteiger partial charge >= 0.3 is 0 Å². The molecule has 0 aliphatic heterocycles. The number of anilines is 3. The normalized spacial score (nSPS) is 10.5. The van der Waals surface area contributed by atoms with Crippen LogP contribution in [0.3, 0.4) is 0 Å². The summed E-state index contributed by atoms with van der Waals surface area (Å²) in [6.07, 6.45) is 0. The van der Waals surface area contributed by atoms with Crippen LogP contribution in [-0.4, -0.2) is 31.2 Å². The van der Waals surface area contributed by atoms with Crippen LogP contribution < -0.4 is 20.7 Å². The van der Waals surface area contributed by atoms with E-state index in [1.54, 1.807) is 72.8 Å². The lowest BCUT2D eigenvalue weighted by Crippen LogP contribution is -2.24. The first-order valence-corrected chi connectivity index (χ1v) is 10.5. The molecule has 0 fully saturated rings. The van der Waals surface area contributed by atoms with Gasteiger partial charge in [-0.1, -0.05) is 30.0 Å². The number of hydrogen-bond donors (Lipinski definition) is 3. The number of ether oxygens (including phenoxy) is 1. The highest BCUT2D eigenvalue weighted by Crippen LogP contribution is 2.28. The van der Waals surface area contributed by atoms with Crippen LogP contribution in [0.15, 0.2) is 77.7 Å². The highest BCUT2D eigenvalue weighted by molar-refractivity contribution is 7.99. The van der Waals surface area contributed by atoms with Crippen LogP contribution in [-0.2, 0) is 4.79 Å². The van der Waals surface area contributed by atoms with Crippen molar-refractivity contribution in [3.63, 3.8) is 0 Å². The fraction of sp³-hybridized carbons (Fsp3) is 0.130. The third-order valence-electron chi connectivity index (χ3n) is 4.27. The van der Waals surface area contributed by atoms with Gasteiger partial charge in [0.2, 0.25) is 0 Å². The van der Waals surface area contributed by atoms with E-state index in [0.717, 1.165) is 0 Å². The minimum atomic E-state index is -2.48. The summed E-state index contributed by atoms with van der Waals surface area (Å²) in [5.41, 5.74) is 2.13. The number of amides is 2. The number of rotatable bonds is 9. The van der Waals surface area contributed by atoms with Crippen LogP contribution in [0.1, 0.15) is 10.4 Å². The number of nitrogens with one attached hydrogen (secondary N) is 3. The molecule has 0 saturated carbocycles. The zero-order valence-electron chi connectivity index (χ0n) is 17.1. The van der Waals surface area contributed by atoms with Gasteiger partial charge in [-0.3, -0.25) is 9.59 Å². The molecule has 0 unspecified atom stereocenters. The lowest BCUT2D eigenvalue weighted by atomic mass is 10.1. The first-order valence-electron chi connectivity index (χ1n) is 9.60. The average molecular weight is 458 g/mol. The lowest BCUT2D eigenvalue weighted by Gasteiger charge is -2.13. The van der Waals surface area contributed by atoms with Gasteiger partial charge in [0.1, 0.15) is 5.75 Å². The van der Waals surface area contributed by atoms with E-state index in [2.05, 4.69) is 16.0 Å². The predicted octanol–water partition coefficient (Wildman–Crippen LogP) is 5.12. The molecule has 3 aromatic carbocycles. The van der Waals surface area contributed by atoms with E-state index in [-0.39, 0.29) is 18.4 Å². The highest BCUT2D eigenvalue weighted by Gasteiger charge is 2.13. The number of para-hydroxylation sites is 1. The lowest BCUT2D eigenvalue weighted by molar-refractivity contribution is -0.122. The van der Waals surface area contributed by atoms with Crippen LogP contribution in [0.5, 0.6) is 5.75 Å². The molecule has 9 heteroatoms. The number of halogens is 2. The molecule has 3 rings (SSSR count). The van der Waals surface area contributed by atoms with Gasteiger partial charge in [0.25, 0.3) is 17.6 Å². The number of hydrogen-bond acceptors (Lipinski definition) is 5. The van der Waals surface area contributed by atoms with Crippen molar-refractivity contribution in [2.75, 3.05) is 24.3 Å². The minimum absolute atomic E-state index is 0.130. The zero-order chi connectivity index (χ0) is 22.9. The van der Waals surface area contributed by atoms with E-state index < -0.39 is 5.76 Å². The second kappa shape index (κ2) is 11.1. The smallest absolute Gasteiger partial charge is 0.288 e. The number of likely N-dealkylation sites (N-methyl/N-ethyl adjacent to an activating group) is 1. The van der Waals surface area contributed by atoms with Crippen LogP contribution >= 0.6 is 11.8 Å². The molecule has 32 heavy (non-hydrogen) atoms. The Morgan fingerprint density at radius 2 is 1.72 bits per heavy atom. The molecule has 0 aromatic heterocycles. The third-order valence-corrected chi connectivity index (χ3v) is 4.99. The molecular formula is C23H21F2N3O3S. The summed E-state index contributed by atoms with van der Waals surface area (Å²) in [7, 11) is 1.52. The summed E-state index contributed by atoms with van der Waals surface area (Å²) in [5, 5.41) is 8.42. The first-order chi connectivity index (χ1) is 15.4. The second-order valence-corrected chi connectivity index (χ2v) is 7.58. The Kier molecular flexibility index (Phi) is 8.04. The minimum Gasteiger partial charge on any atom is -0.484 e. The van der Waals surface area contributed by atoms with E-state index in [0.29, 0.717) is 45.0 Å². The van der Waals surface area contributed by atoms with E-state index in [1.165, 1.54) is 7.05 Å². The van der Waals surface area contributed by atoms with Crippen molar-refractivity contribution >= 4 is 40.6 Å².